The van der Waals surface area contributed by atoms with E-state index in [-0.39, 0.29) is 0 Å². The second kappa shape index (κ2) is 4.66. The molecule has 1 aromatic rings. The van der Waals surface area contributed by atoms with Crippen molar-refractivity contribution in [1.82, 2.24) is 14.1 Å². The fraction of sp³-hybridized carbons (Fsp3) is 0.700. The molecule has 0 aromatic carbocycles. The molecule has 0 spiro atoms. The highest BCUT2D eigenvalue weighted by atomic mass is 32.2. The predicted octanol–water partition coefficient (Wildman–Crippen LogP) is 0.137. The van der Waals surface area contributed by atoms with Gasteiger partial charge in [-0.15, -0.1) is 0 Å². The van der Waals surface area contributed by atoms with E-state index in [1.807, 2.05) is 0 Å². The van der Waals surface area contributed by atoms with Crippen LogP contribution >= 0.6 is 0 Å². The molecule has 17 heavy (non-hydrogen) atoms. The largest absolute Gasteiger partial charge is 0.396 e. The smallest absolute Gasteiger partial charge is 0.211 e. The highest BCUT2D eigenvalue weighted by molar-refractivity contribution is 7.88. The Labute approximate surface area is 101 Å². The maximum Gasteiger partial charge on any atom is 0.211 e. The van der Waals surface area contributed by atoms with Crippen LogP contribution in [0.1, 0.15) is 12.8 Å². The zero-order valence-corrected chi connectivity index (χ0v) is 10.7. The van der Waals surface area contributed by atoms with Crippen molar-refractivity contribution in [1.29, 1.82) is 0 Å². The third-order valence-electron chi connectivity index (χ3n) is 3.05. The second-order valence-corrected chi connectivity index (χ2v) is 6.61. The summed E-state index contributed by atoms with van der Waals surface area (Å²) in [7, 11) is -3.07. The number of nitrogens with two attached hydrogens (primary N) is 1. The van der Waals surface area contributed by atoms with Crippen molar-refractivity contribution in [3.63, 3.8) is 0 Å². The van der Waals surface area contributed by atoms with Crippen molar-refractivity contribution in [3.05, 3.63) is 12.4 Å². The van der Waals surface area contributed by atoms with Crippen LogP contribution < -0.4 is 5.73 Å². The lowest BCUT2D eigenvalue weighted by atomic mass is 10.00. The normalized spacial score (nSPS) is 22.8. The van der Waals surface area contributed by atoms with Gasteiger partial charge in [0.15, 0.2) is 0 Å². The van der Waals surface area contributed by atoms with Gasteiger partial charge in [-0.25, -0.2) is 12.7 Å². The van der Waals surface area contributed by atoms with Crippen LogP contribution in [0.2, 0.25) is 0 Å². The predicted molar refractivity (Wildman–Crippen MR) is 65.8 cm³/mol. The Morgan fingerprint density at radius 1 is 1.59 bits per heavy atom. The zero-order valence-electron chi connectivity index (χ0n) is 9.91. The Balaban J connectivity index is 1.98. The van der Waals surface area contributed by atoms with Gasteiger partial charge >= 0.3 is 0 Å². The topological polar surface area (TPSA) is 81.2 Å². The summed E-state index contributed by atoms with van der Waals surface area (Å²) >= 11 is 0. The van der Waals surface area contributed by atoms with Gasteiger partial charge in [0.05, 0.1) is 18.1 Å². The van der Waals surface area contributed by atoms with E-state index in [1.165, 1.54) is 6.26 Å². The molecule has 96 valence electrons. The van der Waals surface area contributed by atoms with Crippen LogP contribution in [-0.2, 0) is 16.6 Å². The maximum atomic E-state index is 11.5. The van der Waals surface area contributed by atoms with Gasteiger partial charge in [-0.05, 0) is 18.8 Å². The van der Waals surface area contributed by atoms with Crippen LogP contribution in [0.25, 0.3) is 0 Å². The molecule has 6 nitrogen and oxygen atoms in total. The average Bonchev–Trinajstić information content (AvgIpc) is 2.63. The second-order valence-electron chi connectivity index (χ2n) is 4.62. The van der Waals surface area contributed by atoms with Gasteiger partial charge in [-0.3, -0.25) is 4.68 Å². The first-order valence-electron chi connectivity index (χ1n) is 5.68. The summed E-state index contributed by atoms with van der Waals surface area (Å²) in [6.45, 7) is 1.94. The van der Waals surface area contributed by atoms with Crippen LogP contribution in [0.4, 0.5) is 5.69 Å². The molecule has 2 N–H and O–H groups in total. The number of piperidine rings is 1. The summed E-state index contributed by atoms with van der Waals surface area (Å²) in [5.74, 6) is 0.317. The molecule has 1 fully saturated rings. The molecule has 0 bridgehead atoms. The van der Waals surface area contributed by atoms with Gasteiger partial charge in [-0.2, -0.15) is 5.10 Å². The molecule has 0 unspecified atom stereocenters. The van der Waals surface area contributed by atoms with Gasteiger partial charge in [-0.1, -0.05) is 0 Å². The molecule has 1 aliphatic heterocycles. The first kappa shape index (κ1) is 12.4. The maximum absolute atomic E-state index is 11.5. The molecule has 1 aromatic heterocycles. The summed E-state index contributed by atoms with van der Waals surface area (Å²) in [6.07, 6.45) is 6.60. The van der Waals surface area contributed by atoms with E-state index >= 15 is 0 Å². The molecule has 0 radical (unpaired) electrons. The van der Waals surface area contributed by atoms with E-state index in [0.29, 0.717) is 24.7 Å². The molecular weight excluding hydrogens is 240 g/mol. The van der Waals surface area contributed by atoms with E-state index in [2.05, 4.69) is 5.10 Å². The van der Waals surface area contributed by atoms with Crippen LogP contribution in [0.5, 0.6) is 0 Å². The number of rotatable bonds is 3. The number of hydrogen-bond acceptors (Lipinski definition) is 4. The Bertz CT molecular complexity index is 482. The van der Waals surface area contributed by atoms with Gasteiger partial charge in [0.25, 0.3) is 0 Å². The van der Waals surface area contributed by atoms with Crippen molar-refractivity contribution < 1.29 is 8.42 Å². The minimum Gasteiger partial charge on any atom is -0.396 e. The molecule has 1 aliphatic rings. The van der Waals surface area contributed by atoms with E-state index in [9.17, 15) is 8.42 Å². The van der Waals surface area contributed by atoms with E-state index in [0.717, 1.165) is 19.4 Å². The van der Waals surface area contributed by atoms with Crippen LogP contribution in [0, 0.1) is 5.92 Å². The number of hydrogen-bond donors (Lipinski definition) is 1. The minimum absolute atomic E-state index is 0.317. The number of nitrogens with zero attached hydrogens (tertiary/aromatic N) is 3. The van der Waals surface area contributed by atoms with Crippen molar-refractivity contribution in [3.8, 4) is 0 Å². The Hall–Kier alpha value is -1.08. The molecule has 1 atom stereocenters. The standard InChI is InChI=1S/C10H18N4O2S/c1-17(15,16)14-4-2-3-9(7-14)6-13-8-10(11)5-12-13/h5,8-9H,2-4,6-7,11H2,1H3/t9-/m0/s1. The first-order valence-corrected chi connectivity index (χ1v) is 7.53. The molecule has 0 amide bonds. The highest BCUT2D eigenvalue weighted by Gasteiger charge is 2.26. The quantitative estimate of drug-likeness (QED) is 0.836. The van der Waals surface area contributed by atoms with E-state index < -0.39 is 10.0 Å². The van der Waals surface area contributed by atoms with Gasteiger partial charge in [0.1, 0.15) is 0 Å². The Morgan fingerprint density at radius 3 is 2.94 bits per heavy atom. The van der Waals surface area contributed by atoms with Gasteiger partial charge in [0, 0.05) is 25.8 Å². The van der Waals surface area contributed by atoms with E-state index in [1.54, 1.807) is 21.4 Å². The number of anilines is 1. The first-order chi connectivity index (χ1) is 7.95. The van der Waals surface area contributed by atoms with Crippen LogP contribution in [-0.4, -0.2) is 41.8 Å². The summed E-state index contributed by atoms with van der Waals surface area (Å²) in [6, 6.07) is 0. The van der Waals surface area contributed by atoms with Crippen molar-refractivity contribution >= 4 is 15.7 Å². The number of sulfonamides is 1. The third kappa shape index (κ3) is 3.19. The van der Waals surface area contributed by atoms with Gasteiger partial charge in [0.2, 0.25) is 10.0 Å². The summed E-state index contributed by atoms with van der Waals surface area (Å²) < 4.78 is 26.3. The van der Waals surface area contributed by atoms with Crippen molar-refractivity contribution in [2.45, 2.75) is 19.4 Å². The van der Waals surface area contributed by atoms with Crippen LogP contribution in [0.3, 0.4) is 0 Å². The number of nitrogen functional groups attached to an aromatic ring is 1. The summed E-state index contributed by atoms with van der Waals surface area (Å²) in [5, 5.41) is 4.12. The monoisotopic (exact) mass is 258 g/mol. The van der Waals surface area contributed by atoms with Crippen LogP contribution in [0.15, 0.2) is 12.4 Å². The molecule has 0 saturated carbocycles. The van der Waals surface area contributed by atoms with Crippen molar-refractivity contribution in [2.75, 3.05) is 25.1 Å². The SMILES string of the molecule is CS(=O)(=O)N1CCC[C@@H](Cn2cc(N)cn2)C1. The fourth-order valence-electron chi connectivity index (χ4n) is 2.22. The Kier molecular flexibility index (Phi) is 3.39. The lowest BCUT2D eigenvalue weighted by Crippen LogP contribution is -2.40. The fourth-order valence-corrected chi connectivity index (χ4v) is 3.16. The summed E-state index contributed by atoms with van der Waals surface area (Å²) in [4.78, 5) is 0. The average molecular weight is 258 g/mol. The lowest BCUT2D eigenvalue weighted by Gasteiger charge is -2.30. The molecule has 7 heteroatoms. The Morgan fingerprint density at radius 2 is 2.35 bits per heavy atom. The molecule has 0 aliphatic carbocycles. The molecule has 1 saturated heterocycles. The van der Waals surface area contributed by atoms with Crippen molar-refractivity contribution in [2.24, 2.45) is 5.92 Å². The molecular formula is C10H18N4O2S. The molecule has 2 rings (SSSR count). The minimum atomic E-state index is -3.07. The highest BCUT2D eigenvalue weighted by Crippen LogP contribution is 2.20. The van der Waals surface area contributed by atoms with E-state index in [4.69, 9.17) is 5.73 Å². The molecule has 2 heterocycles. The van der Waals surface area contributed by atoms with Gasteiger partial charge < -0.3 is 5.73 Å². The zero-order chi connectivity index (χ0) is 12.5. The summed E-state index contributed by atoms with van der Waals surface area (Å²) in [5.41, 5.74) is 6.23. The lowest BCUT2D eigenvalue weighted by molar-refractivity contribution is 0.240. The third-order valence-corrected chi connectivity index (χ3v) is 4.32. The number of aromatic nitrogens is 2.